The summed E-state index contributed by atoms with van der Waals surface area (Å²) in [4.78, 5) is 4.25. The fourth-order valence-electron chi connectivity index (χ4n) is 2.27. The molecule has 0 aromatic heterocycles. The second-order valence-corrected chi connectivity index (χ2v) is 5.29. The Morgan fingerprint density at radius 3 is 2.58 bits per heavy atom. The molecule has 0 bridgehead atoms. The number of rotatable bonds is 2. The molecular weight excluding hydrogens is 319 g/mol. The first-order valence-corrected chi connectivity index (χ1v) is 7.27. The monoisotopic (exact) mass is 333 g/mol. The number of anilines is 1. The van der Waals surface area contributed by atoms with Gasteiger partial charge >= 0.3 is 6.18 Å². The Kier molecular flexibility index (Phi) is 4.24. The summed E-state index contributed by atoms with van der Waals surface area (Å²) in [6.07, 6.45) is -2.22. The fraction of sp³-hybridized carbons (Fsp3) is 0.176. The van der Waals surface area contributed by atoms with Crippen molar-refractivity contribution in [1.82, 2.24) is 0 Å². The number of aromatic hydroxyl groups is 1. The summed E-state index contributed by atoms with van der Waals surface area (Å²) in [6, 6.07) is 11.6. The zero-order valence-corrected chi connectivity index (χ0v) is 12.5. The molecule has 0 spiro atoms. The van der Waals surface area contributed by atoms with Crippen LogP contribution < -0.4 is 5.01 Å². The normalized spacial score (nSPS) is 15.1. The predicted octanol–water partition coefficient (Wildman–Crippen LogP) is 4.05. The van der Waals surface area contributed by atoms with Crippen LogP contribution in [0, 0.1) is 0 Å². The number of alkyl halides is 3. The summed E-state index contributed by atoms with van der Waals surface area (Å²) in [6.45, 7) is 0.476. The van der Waals surface area contributed by atoms with E-state index in [0.29, 0.717) is 24.5 Å². The fourth-order valence-corrected chi connectivity index (χ4v) is 2.27. The van der Waals surface area contributed by atoms with Crippen LogP contribution in [0.25, 0.3) is 0 Å². The van der Waals surface area contributed by atoms with E-state index in [4.69, 9.17) is 0 Å². The molecule has 2 aromatic carbocycles. The quantitative estimate of drug-likeness (QED) is 0.843. The van der Waals surface area contributed by atoms with Gasteiger partial charge in [-0.3, -0.25) is 5.01 Å². The lowest BCUT2D eigenvalue weighted by molar-refractivity contribution is -0.137. The van der Waals surface area contributed by atoms with Gasteiger partial charge in [-0.2, -0.15) is 18.3 Å². The number of phenols is 1. The SMILES string of the molecule is Oc1ccc(C=NC2=NN(c3cccc(C(F)(F)F)c3)CC2)cc1. The third-order valence-corrected chi connectivity index (χ3v) is 3.51. The lowest BCUT2D eigenvalue weighted by atomic mass is 10.2. The van der Waals surface area contributed by atoms with E-state index in [2.05, 4.69) is 10.1 Å². The van der Waals surface area contributed by atoms with Gasteiger partial charge in [0.05, 0.1) is 11.3 Å². The zero-order valence-electron chi connectivity index (χ0n) is 12.5. The highest BCUT2D eigenvalue weighted by atomic mass is 19.4. The number of hydrogen-bond donors (Lipinski definition) is 1. The predicted molar refractivity (Wildman–Crippen MR) is 86.5 cm³/mol. The molecule has 24 heavy (non-hydrogen) atoms. The standard InChI is InChI=1S/C17H14F3N3O/c18-17(19,20)13-2-1-3-14(10-13)23-9-8-16(22-23)21-11-12-4-6-15(24)7-5-12/h1-7,10-11,24H,8-9H2. The average molecular weight is 333 g/mol. The van der Waals surface area contributed by atoms with Crippen molar-refractivity contribution in [3.8, 4) is 5.75 Å². The molecule has 0 saturated carbocycles. The molecule has 0 fully saturated rings. The number of nitrogens with zero attached hydrogens (tertiary/aromatic N) is 3. The van der Waals surface area contributed by atoms with Crippen LogP contribution in [0.3, 0.4) is 0 Å². The maximum Gasteiger partial charge on any atom is 0.416 e. The second-order valence-electron chi connectivity index (χ2n) is 5.29. The lowest BCUT2D eigenvalue weighted by Gasteiger charge is -2.15. The van der Waals surface area contributed by atoms with Gasteiger partial charge < -0.3 is 5.11 Å². The minimum absolute atomic E-state index is 0.168. The van der Waals surface area contributed by atoms with E-state index in [1.165, 1.54) is 11.1 Å². The summed E-state index contributed by atoms with van der Waals surface area (Å²) in [7, 11) is 0. The Balaban J connectivity index is 1.75. The van der Waals surface area contributed by atoms with Gasteiger partial charge in [-0.15, -0.1) is 0 Å². The van der Waals surface area contributed by atoms with Crippen molar-refractivity contribution in [3.63, 3.8) is 0 Å². The lowest BCUT2D eigenvalue weighted by Crippen LogP contribution is -2.13. The molecule has 1 N–H and O–H groups in total. The average Bonchev–Trinajstić information content (AvgIpc) is 3.03. The Labute approximate surface area is 136 Å². The van der Waals surface area contributed by atoms with Crippen molar-refractivity contribution >= 4 is 17.7 Å². The van der Waals surface area contributed by atoms with E-state index in [9.17, 15) is 18.3 Å². The van der Waals surface area contributed by atoms with Crippen LogP contribution >= 0.6 is 0 Å². The van der Waals surface area contributed by atoms with Gasteiger partial charge in [0.2, 0.25) is 0 Å². The van der Waals surface area contributed by atoms with E-state index in [-0.39, 0.29) is 5.75 Å². The van der Waals surface area contributed by atoms with E-state index in [1.54, 1.807) is 36.5 Å². The second kappa shape index (κ2) is 6.35. The van der Waals surface area contributed by atoms with Crippen LogP contribution in [0.1, 0.15) is 17.5 Å². The topological polar surface area (TPSA) is 48.2 Å². The molecule has 2 aromatic rings. The summed E-state index contributed by atoms with van der Waals surface area (Å²) >= 11 is 0. The molecule has 1 heterocycles. The van der Waals surface area contributed by atoms with Gasteiger partial charge in [-0.05, 0) is 48.0 Å². The third kappa shape index (κ3) is 3.73. The minimum atomic E-state index is -4.38. The molecule has 7 heteroatoms. The number of amidine groups is 1. The van der Waals surface area contributed by atoms with Crippen LogP contribution in [-0.4, -0.2) is 23.7 Å². The summed E-state index contributed by atoms with van der Waals surface area (Å²) in [5.74, 6) is 0.710. The van der Waals surface area contributed by atoms with Crippen LogP contribution in [0.15, 0.2) is 58.6 Å². The van der Waals surface area contributed by atoms with E-state index < -0.39 is 11.7 Å². The molecule has 0 atom stereocenters. The minimum Gasteiger partial charge on any atom is -0.508 e. The van der Waals surface area contributed by atoms with Crippen LogP contribution in [-0.2, 0) is 6.18 Å². The Hall–Kier alpha value is -2.83. The molecule has 0 aliphatic carbocycles. The summed E-state index contributed by atoms with van der Waals surface area (Å²) in [5.41, 5.74) is 0.490. The van der Waals surface area contributed by atoms with Gasteiger partial charge in [-0.1, -0.05) is 6.07 Å². The smallest absolute Gasteiger partial charge is 0.416 e. The Bertz CT molecular complexity index is 782. The maximum absolute atomic E-state index is 12.8. The van der Waals surface area contributed by atoms with Gasteiger partial charge in [0.1, 0.15) is 5.75 Å². The largest absolute Gasteiger partial charge is 0.508 e. The number of halogens is 3. The van der Waals surface area contributed by atoms with Gasteiger partial charge in [-0.25, -0.2) is 4.99 Å². The van der Waals surface area contributed by atoms with Crippen molar-refractivity contribution in [2.75, 3.05) is 11.6 Å². The molecule has 0 amide bonds. The van der Waals surface area contributed by atoms with E-state index in [0.717, 1.165) is 17.7 Å². The van der Waals surface area contributed by atoms with Gasteiger partial charge in [0.15, 0.2) is 5.84 Å². The van der Waals surface area contributed by atoms with E-state index >= 15 is 0 Å². The maximum atomic E-state index is 12.8. The van der Waals surface area contributed by atoms with Crippen molar-refractivity contribution < 1.29 is 18.3 Å². The number of hydrazone groups is 1. The number of phenolic OH excluding ortho intramolecular Hbond substituents is 1. The van der Waals surface area contributed by atoms with Crippen molar-refractivity contribution in [3.05, 3.63) is 59.7 Å². The van der Waals surface area contributed by atoms with Crippen LogP contribution in [0.4, 0.5) is 18.9 Å². The van der Waals surface area contributed by atoms with Crippen molar-refractivity contribution in [1.29, 1.82) is 0 Å². The molecule has 124 valence electrons. The molecule has 3 rings (SSSR count). The number of aliphatic imine (C=N–C) groups is 1. The highest BCUT2D eigenvalue weighted by Gasteiger charge is 2.31. The van der Waals surface area contributed by atoms with Crippen molar-refractivity contribution in [2.45, 2.75) is 12.6 Å². The van der Waals surface area contributed by atoms with E-state index in [1.807, 2.05) is 0 Å². The van der Waals surface area contributed by atoms with Crippen LogP contribution in [0.2, 0.25) is 0 Å². The molecule has 1 aliphatic heterocycles. The Morgan fingerprint density at radius 2 is 1.88 bits per heavy atom. The van der Waals surface area contributed by atoms with Crippen LogP contribution in [0.5, 0.6) is 5.75 Å². The first kappa shape index (κ1) is 16.0. The van der Waals surface area contributed by atoms with Gasteiger partial charge in [0, 0.05) is 19.2 Å². The molecule has 0 saturated heterocycles. The Morgan fingerprint density at radius 1 is 1.12 bits per heavy atom. The summed E-state index contributed by atoms with van der Waals surface area (Å²) in [5, 5.41) is 15.0. The molecular formula is C17H14F3N3O. The molecule has 4 nitrogen and oxygen atoms in total. The highest BCUT2D eigenvalue weighted by Crippen LogP contribution is 2.32. The summed E-state index contributed by atoms with van der Waals surface area (Å²) < 4.78 is 38.3. The molecule has 1 aliphatic rings. The molecule has 0 unspecified atom stereocenters. The number of benzene rings is 2. The van der Waals surface area contributed by atoms with Gasteiger partial charge in [0.25, 0.3) is 0 Å². The third-order valence-electron chi connectivity index (χ3n) is 3.51. The van der Waals surface area contributed by atoms with Crippen molar-refractivity contribution in [2.24, 2.45) is 10.1 Å². The zero-order chi connectivity index (χ0) is 17.2. The number of hydrogen-bond acceptors (Lipinski definition) is 4. The molecule has 0 radical (unpaired) electrons. The first-order valence-electron chi connectivity index (χ1n) is 7.27. The highest BCUT2D eigenvalue weighted by molar-refractivity contribution is 5.96. The first-order chi connectivity index (χ1) is 11.4.